The quantitative estimate of drug-likeness (QED) is 0.746. The number of hydrogen-bond donors (Lipinski definition) is 1. The zero-order valence-corrected chi connectivity index (χ0v) is 16.1. The van der Waals surface area contributed by atoms with Crippen LogP contribution < -0.4 is 10.1 Å². The van der Waals surface area contributed by atoms with Gasteiger partial charge in [0.15, 0.2) is 0 Å². The Morgan fingerprint density at radius 2 is 2.04 bits per heavy atom. The summed E-state index contributed by atoms with van der Waals surface area (Å²) in [6.45, 7) is 6.43. The van der Waals surface area contributed by atoms with E-state index in [4.69, 9.17) is 14.2 Å². The van der Waals surface area contributed by atoms with Crippen LogP contribution in [0.25, 0.3) is 0 Å². The van der Waals surface area contributed by atoms with Crippen LogP contribution in [0.3, 0.4) is 0 Å². The lowest BCUT2D eigenvalue weighted by atomic mass is 9.78. The molecule has 1 aromatic carbocycles. The van der Waals surface area contributed by atoms with E-state index in [0.29, 0.717) is 42.4 Å². The number of nitrogens with one attached hydrogen (secondary N) is 1. The number of benzene rings is 1. The van der Waals surface area contributed by atoms with Crippen LogP contribution in [0, 0.1) is 5.92 Å². The number of ether oxygens (including phenoxy) is 3. The lowest BCUT2D eigenvalue weighted by Gasteiger charge is -2.37. The van der Waals surface area contributed by atoms with Crippen molar-refractivity contribution in [2.45, 2.75) is 52.1 Å². The predicted octanol–water partition coefficient (Wildman–Crippen LogP) is 3.80. The zero-order chi connectivity index (χ0) is 19.2. The minimum Gasteiger partial charge on any atom is -0.493 e. The van der Waals surface area contributed by atoms with Gasteiger partial charge in [-0.15, -0.1) is 0 Å². The van der Waals surface area contributed by atoms with E-state index in [2.05, 4.69) is 12.2 Å². The van der Waals surface area contributed by atoms with Gasteiger partial charge in [-0.1, -0.05) is 13.3 Å². The standard InChI is InChI=1S/C20H29NO5/c1-5-25-17-10-9-15(12-16(17)18(22)26-6-2)21-19(23)20(24-4)11-7-8-14(3)13-20/h9-10,12,14H,5-8,11,13H2,1-4H3,(H,21,23)/t14-,20+/m1/s1. The fourth-order valence-electron chi connectivity index (χ4n) is 3.49. The van der Waals surface area contributed by atoms with Crippen molar-refractivity contribution < 1.29 is 23.8 Å². The topological polar surface area (TPSA) is 73.9 Å². The molecule has 0 heterocycles. The van der Waals surface area contributed by atoms with Crippen molar-refractivity contribution >= 4 is 17.6 Å². The molecule has 6 heteroatoms. The van der Waals surface area contributed by atoms with Crippen LogP contribution in [-0.2, 0) is 14.3 Å². The molecule has 1 amide bonds. The van der Waals surface area contributed by atoms with Crippen LogP contribution in [0.2, 0.25) is 0 Å². The Kier molecular flexibility index (Phi) is 7.03. The number of hydrogen-bond acceptors (Lipinski definition) is 5. The van der Waals surface area contributed by atoms with E-state index in [1.165, 1.54) is 0 Å². The van der Waals surface area contributed by atoms with Crippen molar-refractivity contribution in [3.63, 3.8) is 0 Å². The maximum atomic E-state index is 12.9. The molecule has 144 valence electrons. The molecule has 2 rings (SSSR count). The van der Waals surface area contributed by atoms with E-state index in [9.17, 15) is 9.59 Å². The highest BCUT2D eigenvalue weighted by Crippen LogP contribution is 2.36. The summed E-state index contributed by atoms with van der Waals surface area (Å²) in [6.07, 6.45) is 3.45. The average Bonchev–Trinajstić information content (AvgIpc) is 2.63. The van der Waals surface area contributed by atoms with Crippen molar-refractivity contribution in [3.05, 3.63) is 23.8 Å². The SMILES string of the molecule is CCOC(=O)c1cc(NC(=O)[C@]2(OC)CCC[C@@H](C)C2)ccc1OCC. The summed E-state index contributed by atoms with van der Waals surface area (Å²) in [4.78, 5) is 25.1. The highest BCUT2D eigenvalue weighted by molar-refractivity contribution is 5.99. The summed E-state index contributed by atoms with van der Waals surface area (Å²) < 4.78 is 16.2. The summed E-state index contributed by atoms with van der Waals surface area (Å²) in [5, 5.41) is 2.90. The second-order valence-corrected chi connectivity index (χ2v) is 6.72. The molecule has 0 aromatic heterocycles. The first-order chi connectivity index (χ1) is 12.5. The van der Waals surface area contributed by atoms with Gasteiger partial charge in [-0.3, -0.25) is 4.79 Å². The van der Waals surface area contributed by atoms with Crippen molar-refractivity contribution in [1.82, 2.24) is 0 Å². The predicted molar refractivity (Wildman–Crippen MR) is 99.6 cm³/mol. The smallest absolute Gasteiger partial charge is 0.341 e. The Hall–Kier alpha value is -2.08. The second kappa shape index (κ2) is 9.03. The molecule has 26 heavy (non-hydrogen) atoms. The molecule has 6 nitrogen and oxygen atoms in total. The van der Waals surface area contributed by atoms with Gasteiger partial charge in [-0.2, -0.15) is 0 Å². The third-order valence-corrected chi connectivity index (χ3v) is 4.79. The summed E-state index contributed by atoms with van der Waals surface area (Å²) >= 11 is 0. The lowest BCUT2D eigenvalue weighted by Crippen LogP contribution is -2.47. The fourth-order valence-corrected chi connectivity index (χ4v) is 3.49. The molecule has 0 aliphatic heterocycles. The molecule has 1 aliphatic rings. The maximum Gasteiger partial charge on any atom is 0.341 e. The van der Waals surface area contributed by atoms with Gasteiger partial charge in [0.2, 0.25) is 0 Å². The second-order valence-electron chi connectivity index (χ2n) is 6.72. The fraction of sp³-hybridized carbons (Fsp3) is 0.600. The number of carbonyl (C=O) groups is 2. The number of carbonyl (C=O) groups excluding carboxylic acids is 2. The van der Waals surface area contributed by atoms with Crippen molar-refractivity contribution in [3.8, 4) is 5.75 Å². The Bertz CT molecular complexity index is 645. The Morgan fingerprint density at radius 3 is 2.65 bits per heavy atom. The molecule has 0 bridgehead atoms. The molecule has 1 N–H and O–H groups in total. The van der Waals surface area contributed by atoms with Gasteiger partial charge in [0.25, 0.3) is 5.91 Å². The Balaban J connectivity index is 2.23. The molecular formula is C20H29NO5. The monoisotopic (exact) mass is 363 g/mol. The van der Waals surface area contributed by atoms with E-state index in [0.717, 1.165) is 12.8 Å². The van der Waals surface area contributed by atoms with Crippen molar-refractivity contribution in [2.24, 2.45) is 5.92 Å². The molecule has 0 saturated heterocycles. The number of esters is 1. The van der Waals surface area contributed by atoms with Gasteiger partial charge >= 0.3 is 5.97 Å². The van der Waals surface area contributed by atoms with Crippen LogP contribution >= 0.6 is 0 Å². The van der Waals surface area contributed by atoms with E-state index in [1.54, 1.807) is 32.2 Å². The van der Waals surface area contributed by atoms with Gasteiger partial charge < -0.3 is 19.5 Å². The Labute approximate surface area is 155 Å². The van der Waals surface area contributed by atoms with E-state index < -0.39 is 11.6 Å². The molecule has 0 radical (unpaired) electrons. The molecule has 0 spiro atoms. The molecule has 2 atom stereocenters. The van der Waals surface area contributed by atoms with Crippen LogP contribution in [0.15, 0.2) is 18.2 Å². The minimum absolute atomic E-state index is 0.175. The minimum atomic E-state index is -0.819. The molecule has 0 unspecified atom stereocenters. The molecule has 1 saturated carbocycles. The number of amides is 1. The molecule has 1 aromatic rings. The first kappa shape index (κ1) is 20.2. The van der Waals surface area contributed by atoms with Crippen molar-refractivity contribution in [1.29, 1.82) is 0 Å². The highest BCUT2D eigenvalue weighted by Gasteiger charge is 2.42. The third-order valence-electron chi connectivity index (χ3n) is 4.79. The molecule has 1 fully saturated rings. The largest absolute Gasteiger partial charge is 0.493 e. The summed E-state index contributed by atoms with van der Waals surface area (Å²) in [7, 11) is 1.58. The van der Waals surface area contributed by atoms with E-state index in [1.807, 2.05) is 6.92 Å². The van der Waals surface area contributed by atoms with Gasteiger partial charge in [0.1, 0.15) is 16.9 Å². The van der Waals surface area contributed by atoms with Crippen molar-refractivity contribution in [2.75, 3.05) is 25.6 Å². The number of rotatable bonds is 7. The highest BCUT2D eigenvalue weighted by atomic mass is 16.5. The van der Waals surface area contributed by atoms with Gasteiger partial charge in [-0.25, -0.2) is 4.79 Å². The summed E-state index contributed by atoms with van der Waals surface area (Å²) in [6, 6.07) is 4.99. The number of methoxy groups -OCH3 is 1. The molecule has 1 aliphatic carbocycles. The van der Waals surface area contributed by atoms with Gasteiger partial charge in [0.05, 0.1) is 13.2 Å². The van der Waals surface area contributed by atoms with E-state index in [-0.39, 0.29) is 12.5 Å². The summed E-state index contributed by atoms with van der Waals surface area (Å²) in [5.41, 5.74) is 0.00603. The third kappa shape index (κ3) is 4.55. The zero-order valence-electron chi connectivity index (χ0n) is 16.1. The Morgan fingerprint density at radius 1 is 1.27 bits per heavy atom. The first-order valence-electron chi connectivity index (χ1n) is 9.26. The average molecular weight is 363 g/mol. The van der Waals surface area contributed by atoms with Gasteiger partial charge in [0, 0.05) is 12.8 Å². The van der Waals surface area contributed by atoms with Crippen LogP contribution in [0.5, 0.6) is 5.75 Å². The number of anilines is 1. The van der Waals surface area contributed by atoms with E-state index >= 15 is 0 Å². The normalized spacial score (nSPS) is 22.5. The first-order valence-corrected chi connectivity index (χ1v) is 9.26. The maximum absolute atomic E-state index is 12.9. The lowest BCUT2D eigenvalue weighted by molar-refractivity contribution is -0.143. The van der Waals surface area contributed by atoms with Crippen LogP contribution in [-0.4, -0.2) is 37.8 Å². The summed E-state index contributed by atoms with van der Waals surface area (Å²) in [5.74, 6) is 0.229. The van der Waals surface area contributed by atoms with Crippen LogP contribution in [0.4, 0.5) is 5.69 Å². The molecular weight excluding hydrogens is 334 g/mol. The van der Waals surface area contributed by atoms with Gasteiger partial charge in [-0.05, 0) is 57.2 Å². The van der Waals surface area contributed by atoms with Crippen LogP contribution in [0.1, 0.15) is 56.8 Å².